The van der Waals surface area contributed by atoms with Gasteiger partial charge in [-0.2, -0.15) is 0 Å². The molecule has 0 saturated carbocycles. The van der Waals surface area contributed by atoms with Gasteiger partial charge in [0.2, 0.25) is 0 Å². The molecule has 0 spiro atoms. The van der Waals surface area contributed by atoms with Crippen LogP contribution < -0.4 is 5.32 Å². The van der Waals surface area contributed by atoms with Crippen LogP contribution in [0.15, 0.2) is 18.6 Å². The molecule has 1 aromatic heterocycles. The lowest BCUT2D eigenvalue weighted by atomic mass is 10.0. The van der Waals surface area contributed by atoms with Gasteiger partial charge in [0, 0.05) is 18.6 Å². The molecular weight excluding hydrogens is 210 g/mol. The Morgan fingerprint density at radius 1 is 1.12 bits per heavy atom. The molecule has 17 heavy (non-hydrogen) atoms. The first kappa shape index (κ1) is 14.1. The fourth-order valence-corrected chi connectivity index (χ4v) is 2.06. The van der Waals surface area contributed by atoms with Gasteiger partial charge in [0.25, 0.3) is 0 Å². The first-order valence-corrected chi connectivity index (χ1v) is 6.81. The summed E-state index contributed by atoms with van der Waals surface area (Å²) in [4.78, 5) is 8.47. The Bertz CT molecular complexity index is 274. The van der Waals surface area contributed by atoms with E-state index in [9.17, 15) is 0 Å². The quantitative estimate of drug-likeness (QED) is 0.666. The van der Waals surface area contributed by atoms with E-state index in [2.05, 4.69) is 22.2 Å². The number of nitrogens with zero attached hydrogens (tertiary/aromatic N) is 2. The van der Waals surface area contributed by atoms with Crippen LogP contribution in [0.2, 0.25) is 0 Å². The molecular formula is C14H25N3. The Morgan fingerprint density at radius 2 is 1.88 bits per heavy atom. The number of rotatable bonds is 9. The number of hydrogen-bond donors (Lipinski definition) is 1. The van der Waals surface area contributed by atoms with Gasteiger partial charge in [-0.3, -0.25) is 9.97 Å². The molecule has 0 aliphatic rings. The van der Waals surface area contributed by atoms with Crippen LogP contribution in [0.5, 0.6) is 0 Å². The summed E-state index contributed by atoms with van der Waals surface area (Å²) in [6.45, 7) is 2.26. The van der Waals surface area contributed by atoms with E-state index >= 15 is 0 Å². The van der Waals surface area contributed by atoms with Crippen LogP contribution in [0.4, 0.5) is 0 Å². The molecule has 1 rings (SSSR count). The van der Waals surface area contributed by atoms with Crippen LogP contribution in [-0.4, -0.2) is 17.0 Å². The number of hydrogen-bond acceptors (Lipinski definition) is 3. The van der Waals surface area contributed by atoms with Crippen molar-refractivity contribution < 1.29 is 0 Å². The molecule has 0 amide bonds. The highest BCUT2D eigenvalue weighted by atomic mass is 14.9. The molecule has 0 aromatic carbocycles. The Kier molecular flexibility index (Phi) is 7.56. The highest BCUT2D eigenvalue weighted by Crippen LogP contribution is 2.17. The van der Waals surface area contributed by atoms with Crippen molar-refractivity contribution in [2.75, 3.05) is 7.05 Å². The van der Waals surface area contributed by atoms with Gasteiger partial charge in [0.15, 0.2) is 0 Å². The van der Waals surface area contributed by atoms with E-state index in [0.29, 0.717) is 6.04 Å². The molecule has 0 fully saturated rings. The molecule has 1 N–H and O–H groups in total. The molecule has 3 heteroatoms. The van der Waals surface area contributed by atoms with Crippen molar-refractivity contribution in [3.8, 4) is 0 Å². The van der Waals surface area contributed by atoms with Crippen molar-refractivity contribution in [2.24, 2.45) is 0 Å². The van der Waals surface area contributed by atoms with E-state index in [4.69, 9.17) is 0 Å². The molecule has 1 aromatic rings. The molecule has 1 heterocycles. The van der Waals surface area contributed by atoms with Crippen molar-refractivity contribution in [1.82, 2.24) is 15.3 Å². The molecule has 1 atom stereocenters. The molecule has 0 saturated heterocycles. The largest absolute Gasteiger partial charge is 0.312 e. The van der Waals surface area contributed by atoms with Gasteiger partial charge in [-0.25, -0.2) is 0 Å². The molecule has 0 bridgehead atoms. The van der Waals surface area contributed by atoms with E-state index in [-0.39, 0.29) is 0 Å². The van der Waals surface area contributed by atoms with Gasteiger partial charge in [-0.1, -0.05) is 45.4 Å². The van der Waals surface area contributed by atoms with Crippen LogP contribution in [0.25, 0.3) is 0 Å². The van der Waals surface area contributed by atoms with Gasteiger partial charge in [0.1, 0.15) is 0 Å². The third-order valence-electron chi connectivity index (χ3n) is 3.13. The third-order valence-corrected chi connectivity index (χ3v) is 3.13. The topological polar surface area (TPSA) is 37.8 Å². The van der Waals surface area contributed by atoms with Crippen molar-refractivity contribution in [3.63, 3.8) is 0 Å². The predicted molar refractivity (Wildman–Crippen MR) is 71.8 cm³/mol. The zero-order chi connectivity index (χ0) is 12.3. The lowest BCUT2D eigenvalue weighted by Gasteiger charge is -2.14. The van der Waals surface area contributed by atoms with Crippen LogP contribution in [0, 0.1) is 0 Å². The zero-order valence-electron chi connectivity index (χ0n) is 11.2. The van der Waals surface area contributed by atoms with E-state index in [1.807, 2.05) is 13.2 Å². The number of unbranched alkanes of at least 4 members (excludes halogenated alkanes) is 5. The van der Waals surface area contributed by atoms with E-state index < -0.39 is 0 Å². The maximum atomic E-state index is 4.35. The molecule has 96 valence electrons. The second kappa shape index (κ2) is 9.11. The van der Waals surface area contributed by atoms with Gasteiger partial charge < -0.3 is 5.32 Å². The summed E-state index contributed by atoms with van der Waals surface area (Å²) in [5, 5.41) is 3.32. The van der Waals surface area contributed by atoms with Crippen LogP contribution in [0.3, 0.4) is 0 Å². The summed E-state index contributed by atoms with van der Waals surface area (Å²) in [6.07, 6.45) is 14.5. The Balaban J connectivity index is 2.20. The van der Waals surface area contributed by atoms with Crippen LogP contribution in [-0.2, 0) is 0 Å². The van der Waals surface area contributed by atoms with E-state index in [0.717, 1.165) is 12.1 Å². The maximum absolute atomic E-state index is 4.35. The predicted octanol–water partition coefficient (Wildman–Crippen LogP) is 3.49. The minimum absolute atomic E-state index is 0.356. The minimum Gasteiger partial charge on any atom is -0.312 e. The summed E-state index contributed by atoms with van der Waals surface area (Å²) in [6, 6.07) is 0.356. The average Bonchev–Trinajstić information content (AvgIpc) is 2.39. The Labute approximate surface area is 105 Å². The Hall–Kier alpha value is -0.960. The summed E-state index contributed by atoms with van der Waals surface area (Å²) in [5.74, 6) is 0. The third kappa shape index (κ3) is 5.78. The normalized spacial score (nSPS) is 12.6. The zero-order valence-corrected chi connectivity index (χ0v) is 11.2. The van der Waals surface area contributed by atoms with Crippen LogP contribution >= 0.6 is 0 Å². The van der Waals surface area contributed by atoms with Gasteiger partial charge in [-0.15, -0.1) is 0 Å². The SMILES string of the molecule is CCCCCCCCC(NC)c1cnccn1. The summed E-state index contributed by atoms with van der Waals surface area (Å²) < 4.78 is 0. The first-order chi connectivity index (χ1) is 8.38. The minimum atomic E-state index is 0.356. The Morgan fingerprint density at radius 3 is 2.53 bits per heavy atom. The summed E-state index contributed by atoms with van der Waals surface area (Å²) in [5.41, 5.74) is 1.06. The summed E-state index contributed by atoms with van der Waals surface area (Å²) >= 11 is 0. The molecule has 3 nitrogen and oxygen atoms in total. The van der Waals surface area contributed by atoms with Gasteiger partial charge in [-0.05, 0) is 13.5 Å². The highest BCUT2D eigenvalue weighted by molar-refractivity contribution is 5.01. The van der Waals surface area contributed by atoms with Crippen molar-refractivity contribution in [2.45, 2.75) is 57.9 Å². The lowest BCUT2D eigenvalue weighted by molar-refractivity contribution is 0.488. The summed E-state index contributed by atoms with van der Waals surface area (Å²) in [7, 11) is 2.00. The van der Waals surface area contributed by atoms with Crippen LogP contribution in [0.1, 0.15) is 63.6 Å². The second-order valence-electron chi connectivity index (χ2n) is 4.53. The van der Waals surface area contributed by atoms with Crippen molar-refractivity contribution in [1.29, 1.82) is 0 Å². The fourth-order valence-electron chi connectivity index (χ4n) is 2.06. The van der Waals surface area contributed by atoms with Crippen molar-refractivity contribution in [3.05, 3.63) is 24.3 Å². The second-order valence-corrected chi connectivity index (χ2v) is 4.53. The molecule has 0 aliphatic heterocycles. The lowest BCUT2D eigenvalue weighted by Crippen LogP contribution is -2.17. The van der Waals surface area contributed by atoms with E-state index in [1.54, 1.807) is 12.4 Å². The van der Waals surface area contributed by atoms with E-state index in [1.165, 1.54) is 38.5 Å². The highest BCUT2D eigenvalue weighted by Gasteiger charge is 2.09. The number of nitrogens with one attached hydrogen (secondary N) is 1. The molecule has 0 aliphatic carbocycles. The molecule has 1 unspecified atom stereocenters. The standard InChI is InChI=1S/C14H25N3/c1-3-4-5-6-7-8-9-13(15-2)14-12-16-10-11-17-14/h10-13,15H,3-9H2,1-2H3. The molecule has 0 radical (unpaired) electrons. The first-order valence-electron chi connectivity index (χ1n) is 6.81. The number of aromatic nitrogens is 2. The monoisotopic (exact) mass is 235 g/mol. The van der Waals surface area contributed by atoms with Gasteiger partial charge >= 0.3 is 0 Å². The fraction of sp³-hybridized carbons (Fsp3) is 0.714. The van der Waals surface area contributed by atoms with Gasteiger partial charge in [0.05, 0.1) is 11.7 Å². The smallest absolute Gasteiger partial charge is 0.0755 e. The van der Waals surface area contributed by atoms with Crippen molar-refractivity contribution >= 4 is 0 Å². The maximum Gasteiger partial charge on any atom is 0.0755 e. The average molecular weight is 235 g/mol.